The number of hydrogen-bond acceptors (Lipinski definition) is 5. The lowest BCUT2D eigenvalue weighted by atomic mass is 9.86. The number of amides is 1. The summed E-state index contributed by atoms with van der Waals surface area (Å²) in [6, 6.07) is 16.3. The summed E-state index contributed by atoms with van der Waals surface area (Å²) in [4.78, 5) is 29.1. The number of thiophene rings is 1. The van der Waals surface area contributed by atoms with Gasteiger partial charge in [0, 0.05) is 17.0 Å². The fourth-order valence-electron chi connectivity index (χ4n) is 3.59. The van der Waals surface area contributed by atoms with Gasteiger partial charge < -0.3 is 15.2 Å². The van der Waals surface area contributed by atoms with Crippen molar-refractivity contribution >= 4 is 23.2 Å². The molecular weight excluding hydrogens is 472 g/mol. The highest BCUT2D eigenvalue weighted by molar-refractivity contribution is 7.14. The number of aromatic nitrogens is 1. The molecular formula is C29H36N2O4S. The van der Waals surface area contributed by atoms with Crippen molar-refractivity contribution in [2.45, 2.75) is 59.3 Å². The molecule has 0 radical (unpaired) electrons. The lowest BCUT2D eigenvalue weighted by molar-refractivity contribution is -0.136. The van der Waals surface area contributed by atoms with Crippen LogP contribution < -0.4 is 10.1 Å². The van der Waals surface area contributed by atoms with Gasteiger partial charge in [-0.1, -0.05) is 58.9 Å². The average Bonchev–Trinajstić information content (AvgIpc) is 3.31. The standard InChI is InChI=1S/C29H36N2O4S/c1-28(2,3)21-8-6-20(7-9-21)24-12-10-22(18-31-24)35-19-29(4,5)16-14-23-11-13-25(36-23)27(34)30-17-15-26(32)33/h6-13,18H,14-17,19H2,1-5H3,(H,30,34)(H,32,33). The summed E-state index contributed by atoms with van der Waals surface area (Å²) in [6.45, 7) is 11.6. The number of benzene rings is 1. The first-order valence-corrected chi connectivity index (χ1v) is 13.0. The van der Waals surface area contributed by atoms with E-state index >= 15 is 0 Å². The predicted molar refractivity (Wildman–Crippen MR) is 145 cm³/mol. The fourth-order valence-corrected chi connectivity index (χ4v) is 4.52. The molecule has 3 rings (SSSR count). The molecule has 1 amide bonds. The van der Waals surface area contributed by atoms with Crippen molar-refractivity contribution in [3.63, 3.8) is 0 Å². The van der Waals surface area contributed by atoms with E-state index in [2.05, 4.69) is 69.2 Å². The molecule has 0 spiro atoms. The van der Waals surface area contributed by atoms with Gasteiger partial charge >= 0.3 is 5.97 Å². The minimum absolute atomic E-state index is 0.0602. The Bertz CT molecular complexity index is 1160. The minimum atomic E-state index is -0.927. The number of carbonyl (C=O) groups excluding carboxylic acids is 1. The summed E-state index contributed by atoms with van der Waals surface area (Å²) in [5, 5.41) is 11.3. The van der Waals surface area contributed by atoms with Crippen LogP contribution >= 0.6 is 11.3 Å². The van der Waals surface area contributed by atoms with Gasteiger partial charge in [-0.05, 0) is 53.5 Å². The molecule has 36 heavy (non-hydrogen) atoms. The molecule has 192 valence electrons. The first kappa shape index (κ1) is 27.4. The third kappa shape index (κ3) is 8.19. The average molecular weight is 509 g/mol. The lowest BCUT2D eigenvalue weighted by Crippen LogP contribution is -2.25. The minimum Gasteiger partial charge on any atom is -0.491 e. The van der Waals surface area contributed by atoms with Crippen LogP contribution in [0.3, 0.4) is 0 Å². The molecule has 6 nitrogen and oxygen atoms in total. The Hall–Kier alpha value is -3.19. The molecule has 2 aromatic heterocycles. The van der Waals surface area contributed by atoms with E-state index < -0.39 is 5.97 Å². The second-order valence-electron chi connectivity index (χ2n) is 10.8. The molecule has 2 heterocycles. The van der Waals surface area contributed by atoms with Crippen molar-refractivity contribution in [2.75, 3.05) is 13.2 Å². The zero-order valence-corrected chi connectivity index (χ0v) is 22.6. The van der Waals surface area contributed by atoms with E-state index in [0.717, 1.165) is 34.7 Å². The van der Waals surface area contributed by atoms with Crippen LogP contribution in [0.4, 0.5) is 0 Å². The SMILES string of the molecule is CC(C)(CCc1ccc(C(=O)NCCC(=O)O)s1)COc1ccc(-c2ccc(C(C)(C)C)cc2)nc1. The normalized spacial score (nSPS) is 11.8. The van der Waals surface area contributed by atoms with Crippen LogP contribution in [0.25, 0.3) is 11.3 Å². The Morgan fingerprint density at radius 2 is 1.72 bits per heavy atom. The molecule has 2 N–H and O–H groups in total. The number of carboxylic acids is 1. The zero-order valence-electron chi connectivity index (χ0n) is 21.8. The number of aryl methyl sites for hydroxylation is 1. The van der Waals surface area contributed by atoms with Crippen molar-refractivity contribution in [1.82, 2.24) is 10.3 Å². The predicted octanol–water partition coefficient (Wildman–Crippen LogP) is 6.35. The van der Waals surface area contributed by atoms with Crippen molar-refractivity contribution in [1.29, 1.82) is 0 Å². The van der Waals surface area contributed by atoms with Crippen molar-refractivity contribution < 1.29 is 19.4 Å². The van der Waals surface area contributed by atoms with Gasteiger partial charge in [0.1, 0.15) is 5.75 Å². The maximum atomic E-state index is 12.1. The summed E-state index contributed by atoms with van der Waals surface area (Å²) in [5.41, 5.74) is 3.37. The number of nitrogens with one attached hydrogen (secondary N) is 1. The quantitative estimate of drug-likeness (QED) is 0.315. The van der Waals surface area contributed by atoms with Crippen molar-refractivity contribution in [3.05, 3.63) is 70.0 Å². The molecule has 0 fully saturated rings. The first-order valence-electron chi connectivity index (χ1n) is 12.2. The number of aliphatic carboxylic acids is 1. The fraction of sp³-hybridized carbons (Fsp3) is 0.414. The van der Waals surface area contributed by atoms with Crippen LogP contribution in [-0.4, -0.2) is 35.1 Å². The monoisotopic (exact) mass is 508 g/mol. The Morgan fingerprint density at radius 1 is 1.00 bits per heavy atom. The van der Waals surface area contributed by atoms with Gasteiger partial charge in [-0.15, -0.1) is 11.3 Å². The number of pyridine rings is 1. The van der Waals surface area contributed by atoms with E-state index in [1.165, 1.54) is 16.9 Å². The van der Waals surface area contributed by atoms with Gasteiger partial charge in [0.05, 0.1) is 29.8 Å². The second-order valence-corrected chi connectivity index (χ2v) is 12.0. The zero-order chi connectivity index (χ0) is 26.3. The lowest BCUT2D eigenvalue weighted by Gasteiger charge is -2.24. The highest BCUT2D eigenvalue weighted by atomic mass is 32.1. The summed E-state index contributed by atoms with van der Waals surface area (Å²) < 4.78 is 6.05. The summed E-state index contributed by atoms with van der Waals surface area (Å²) in [7, 11) is 0. The Morgan fingerprint density at radius 3 is 2.33 bits per heavy atom. The van der Waals surface area contributed by atoms with Crippen molar-refractivity contribution in [3.8, 4) is 17.0 Å². The second kappa shape index (κ2) is 11.7. The van der Waals surface area contributed by atoms with E-state index in [0.29, 0.717) is 11.5 Å². The van der Waals surface area contributed by atoms with Crippen molar-refractivity contribution in [2.24, 2.45) is 5.41 Å². The molecule has 0 atom stereocenters. The molecule has 0 saturated heterocycles. The number of rotatable bonds is 11. The molecule has 0 aliphatic heterocycles. The highest BCUT2D eigenvalue weighted by Crippen LogP contribution is 2.29. The summed E-state index contributed by atoms with van der Waals surface area (Å²) >= 11 is 1.45. The Labute approximate surface area is 217 Å². The van der Waals surface area contributed by atoms with Crippen LogP contribution in [0.15, 0.2) is 54.7 Å². The van der Waals surface area contributed by atoms with Gasteiger partial charge in [0.25, 0.3) is 5.91 Å². The smallest absolute Gasteiger partial charge is 0.305 e. The van der Waals surface area contributed by atoms with E-state index in [-0.39, 0.29) is 29.7 Å². The van der Waals surface area contributed by atoms with Gasteiger partial charge in [-0.3, -0.25) is 14.6 Å². The number of ether oxygens (including phenoxy) is 1. The molecule has 1 aromatic carbocycles. The van der Waals surface area contributed by atoms with Crippen LogP contribution in [-0.2, 0) is 16.6 Å². The van der Waals surface area contributed by atoms with E-state index in [4.69, 9.17) is 9.84 Å². The van der Waals surface area contributed by atoms with E-state index in [1.807, 2.05) is 18.2 Å². The Kier molecular flexibility index (Phi) is 8.90. The molecule has 0 aliphatic carbocycles. The number of carbonyl (C=O) groups is 2. The third-order valence-electron chi connectivity index (χ3n) is 5.97. The topological polar surface area (TPSA) is 88.5 Å². The molecule has 0 saturated carbocycles. The van der Waals surface area contributed by atoms with Gasteiger partial charge in [-0.25, -0.2) is 0 Å². The summed E-state index contributed by atoms with van der Waals surface area (Å²) in [5.74, 6) is -0.407. The van der Waals surface area contributed by atoms with Gasteiger partial charge in [0.15, 0.2) is 0 Å². The Balaban J connectivity index is 1.48. The maximum absolute atomic E-state index is 12.1. The summed E-state index contributed by atoms with van der Waals surface area (Å²) in [6.07, 6.45) is 3.43. The van der Waals surface area contributed by atoms with Gasteiger partial charge in [-0.2, -0.15) is 0 Å². The number of carboxylic acid groups (broad SMARTS) is 1. The third-order valence-corrected chi connectivity index (χ3v) is 7.11. The van der Waals surface area contributed by atoms with E-state index in [9.17, 15) is 9.59 Å². The molecule has 3 aromatic rings. The largest absolute Gasteiger partial charge is 0.491 e. The number of hydrogen-bond donors (Lipinski definition) is 2. The molecule has 0 unspecified atom stereocenters. The van der Waals surface area contributed by atoms with Crippen LogP contribution in [0.5, 0.6) is 5.75 Å². The van der Waals surface area contributed by atoms with E-state index in [1.54, 1.807) is 12.3 Å². The molecule has 0 aliphatic rings. The highest BCUT2D eigenvalue weighted by Gasteiger charge is 2.20. The number of nitrogens with zero attached hydrogens (tertiary/aromatic N) is 1. The van der Waals surface area contributed by atoms with Crippen LogP contribution in [0, 0.1) is 5.41 Å². The first-order chi connectivity index (χ1) is 16.9. The molecule has 0 bridgehead atoms. The molecule has 7 heteroatoms. The van der Waals surface area contributed by atoms with Gasteiger partial charge in [0.2, 0.25) is 0 Å². The maximum Gasteiger partial charge on any atom is 0.305 e. The van der Waals surface area contributed by atoms with Crippen LogP contribution in [0.1, 0.15) is 67.6 Å². The van der Waals surface area contributed by atoms with Crippen LogP contribution in [0.2, 0.25) is 0 Å².